The van der Waals surface area contributed by atoms with Gasteiger partial charge in [-0.05, 0) is 35.2 Å². The quantitative estimate of drug-likeness (QED) is 0.756. The summed E-state index contributed by atoms with van der Waals surface area (Å²) >= 11 is 0. The van der Waals surface area contributed by atoms with Gasteiger partial charge in [0.2, 0.25) is 0 Å². The fourth-order valence-corrected chi connectivity index (χ4v) is 1.86. The molecule has 0 spiro atoms. The summed E-state index contributed by atoms with van der Waals surface area (Å²) in [6.45, 7) is 6.13. The average molecular weight is 276 g/mol. The minimum Gasteiger partial charge on any atom is -0.429 e. The lowest BCUT2D eigenvalue weighted by atomic mass is 9.86. The smallest absolute Gasteiger partial charge is 0.426 e. The van der Waals surface area contributed by atoms with Crippen molar-refractivity contribution in [3.8, 4) is 5.75 Å². The van der Waals surface area contributed by atoms with Gasteiger partial charge in [-0.3, -0.25) is 0 Å². The fourth-order valence-electron chi connectivity index (χ4n) is 1.86. The lowest BCUT2D eigenvalue weighted by molar-refractivity contribution is -0.185. The maximum absolute atomic E-state index is 14.0. The topological polar surface area (TPSA) is 9.23 Å². The average Bonchev–Trinajstić information content (AvgIpc) is 2.38. The number of ether oxygens (including phenoxy) is 1. The molecule has 0 atom stereocenters. The standard InChI is InChI=1S/C17H18F2O/c1-16(2,3)13-9-11-14(12-10-13)17(18,19)20-15-7-5-4-6-8-15/h4-12H,1-3H3. The second-order valence-electron chi connectivity index (χ2n) is 5.76. The molecule has 1 nitrogen and oxygen atoms in total. The molecular weight excluding hydrogens is 258 g/mol. The molecule has 3 heteroatoms. The van der Waals surface area contributed by atoms with E-state index in [1.54, 1.807) is 30.3 Å². The van der Waals surface area contributed by atoms with Crippen LogP contribution in [0.3, 0.4) is 0 Å². The van der Waals surface area contributed by atoms with E-state index in [0.717, 1.165) is 5.56 Å². The van der Waals surface area contributed by atoms with E-state index >= 15 is 0 Å². The Hall–Kier alpha value is -1.90. The van der Waals surface area contributed by atoms with Crippen LogP contribution in [0.25, 0.3) is 0 Å². The molecule has 0 heterocycles. The van der Waals surface area contributed by atoms with Gasteiger partial charge in [-0.2, -0.15) is 8.78 Å². The Kier molecular flexibility index (Phi) is 3.80. The van der Waals surface area contributed by atoms with Crippen molar-refractivity contribution < 1.29 is 13.5 Å². The molecule has 0 amide bonds. The second kappa shape index (κ2) is 5.23. The highest BCUT2D eigenvalue weighted by atomic mass is 19.3. The predicted molar refractivity (Wildman–Crippen MR) is 76.1 cm³/mol. The van der Waals surface area contributed by atoms with Crippen LogP contribution in [0.15, 0.2) is 54.6 Å². The zero-order valence-corrected chi connectivity index (χ0v) is 11.9. The lowest BCUT2D eigenvalue weighted by Crippen LogP contribution is -2.22. The third-order valence-electron chi connectivity index (χ3n) is 3.08. The molecule has 0 N–H and O–H groups in total. The second-order valence-corrected chi connectivity index (χ2v) is 5.76. The van der Waals surface area contributed by atoms with Gasteiger partial charge in [0, 0.05) is 0 Å². The molecule has 0 fully saturated rings. The van der Waals surface area contributed by atoms with Crippen molar-refractivity contribution in [1.29, 1.82) is 0 Å². The number of benzene rings is 2. The summed E-state index contributed by atoms with van der Waals surface area (Å²) in [5.41, 5.74) is 0.805. The monoisotopic (exact) mass is 276 g/mol. The summed E-state index contributed by atoms with van der Waals surface area (Å²) in [5, 5.41) is 0. The summed E-state index contributed by atoms with van der Waals surface area (Å²) in [6.07, 6.45) is -3.34. The summed E-state index contributed by atoms with van der Waals surface area (Å²) in [7, 11) is 0. The molecule has 0 saturated carbocycles. The first kappa shape index (κ1) is 14.5. The molecule has 2 aromatic carbocycles. The van der Waals surface area contributed by atoms with Gasteiger partial charge in [0.15, 0.2) is 0 Å². The molecule has 0 saturated heterocycles. The molecule has 2 rings (SSSR count). The Morgan fingerprint density at radius 3 is 1.75 bits per heavy atom. The van der Waals surface area contributed by atoms with E-state index in [1.807, 2.05) is 20.8 Å². The van der Waals surface area contributed by atoms with Crippen LogP contribution in [0.1, 0.15) is 31.9 Å². The van der Waals surface area contributed by atoms with Gasteiger partial charge in [-0.1, -0.05) is 51.1 Å². The molecule has 0 unspecified atom stereocenters. The van der Waals surface area contributed by atoms with Crippen molar-refractivity contribution in [3.63, 3.8) is 0 Å². The van der Waals surface area contributed by atoms with Crippen molar-refractivity contribution in [3.05, 3.63) is 65.7 Å². The zero-order chi connectivity index (χ0) is 14.8. The summed E-state index contributed by atoms with van der Waals surface area (Å²) < 4.78 is 32.9. The van der Waals surface area contributed by atoms with E-state index in [-0.39, 0.29) is 16.7 Å². The number of para-hydroxylation sites is 1. The van der Waals surface area contributed by atoms with E-state index < -0.39 is 6.11 Å². The first-order valence-corrected chi connectivity index (χ1v) is 6.52. The number of alkyl halides is 2. The largest absolute Gasteiger partial charge is 0.429 e. The van der Waals surface area contributed by atoms with Crippen molar-refractivity contribution in [2.45, 2.75) is 32.3 Å². The number of hydrogen-bond donors (Lipinski definition) is 0. The van der Waals surface area contributed by atoms with Gasteiger partial charge in [-0.25, -0.2) is 0 Å². The molecule has 0 aliphatic heterocycles. The van der Waals surface area contributed by atoms with Gasteiger partial charge < -0.3 is 4.74 Å². The molecule has 0 bridgehead atoms. The maximum Gasteiger partial charge on any atom is 0.426 e. The van der Waals surface area contributed by atoms with Gasteiger partial charge >= 0.3 is 6.11 Å². The summed E-state index contributed by atoms with van der Waals surface area (Å²) in [6, 6.07) is 14.4. The van der Waals surface area contributed by atoms with Crippen LogP contribution >= 0.6 is 0 Å². The molecule has 0 aliphatic rings. The first-order chi connectivity index (χ1) is 9.29. The van der Waals surface area contributed by atoms with Crippen molar-refractivity contribution in [1.82, 2.24) is 0 Å². The molecule has 0 aromatic heterocycles. The van der Waals surface area contributed by atoms with Crippen molar-refractivity contribution in [2.75, 3.05) is 0 Å². The van der Waals surface area contributed by atoms with Crippen LogP contribution in [0.2, 0.25) is 0 Å². The zero-order valence-electron chi connectivity index (χ0n) is 11.9. The molecule has 0 aliphatic carbocycles. The Morgan fingerprint density at radius 2 is 1.25 bits per heavy atom. The van der Waals surface area contributed by atoms with Crippen LogP contribution in [0, 0.1) is 0 Å². The third kappa shape index (κ3) is 3.35. The molecule has 0 radical (unpaired) electrons. The van der Waals surface area contributed by atoms with E-state index in [2.05, 4.69) is 0 Å². The Balaban J connectivity index is 2.21. The SMILES string of the molecule is CC(C)(C)c1ccc(C(F)(F)Oc2ccccc2)cc1. The fraction of sp³-hybridized carbons (Fsp3) is 0.294. The number of rotatable bonds is 3. The van der Waals surface area contributed by atoms with Crippen LogP contribution in [-0.2, 0) is 11.5 Å². The van der Waals surface area contributed by atoms with Crippen LogP contribution < -0.4 is 4.74 Å². The Labute approximate surface area is 118 Å². The number of hydrogen-bond acceptors (Lipinski definition) is 1. The maximum atomic E-state index is 14.0. The van der Waals surface area contributed by atoms with E-state index in [9.17, 15) is 8.78 Å². The van der Waals surface area contributed by atoms with Crippen LogP contribution in [0.5, 0.6) is 5.75 Å². The van der Waals surface area contributed by atoms with Gasteiger partial charge in [0.05, 0.1) is 5.56 Å². The van der Waals surface area contributed by atoms with Crippen molar-refractivity contribution in [2.24, 2.45) is 0 Å². The Bertz CT molecular complexity index is 554. The molecular formula is C17H18F2O. The normalized spacial score (nSPS) is 12.2. The molecule has 2 aromatic rings. The molecule has 20 heavy (non-hydrogen) atoms. The van der Waals surface area contributed by atoms with E-state index in [4.69, 9.17) is 4.74 Å². The number of halogens is 2. The Morgan fingerprint density at radius 1 is 0.750 bits per heavy atom. The van der Waals surface area contributed by atoms with E-state index in [1.165, 1.54) is 24.3 Å². The minimum atomic E-state index is -3.34. The highest BCUT2D eigenvalue weighted by molar-refractivity contribution is 5.30. The molecule has 106 valence electrons. The highest BCUT2D eigenvalue weighted by Gasteiger charge is 2.34. The summed E-state index contributed by atoms with van der Waals surface area (Å²) in [5.74, 6) is 0.150. The lowest BCUT2D eigenvalue weighted by Gasteiger charge is -2.22. The van der Waals surface area contributed by atoms with E-state index in [0.29, 0.717) is 0 Å². The van der Waals surface area contributed by atoms with Gasteiger partial charge in [0.1, 0.15) is 5.75 Å². The van der Waals surface area contributed by atoms with Crippen molar-refractivity contribution >= 4 is 0 Å². The minimum absolute atomic E-state index is 0.0614. The van der Waals surface area contributed by atoms with Gasteiger partial charge in [-0.15, -0.1) is 0 Å². The van der Waals surface area contributed by atoms with Crippen LogP contribution in [0.4, 0.5) is 8.78 Å². The summed E-state index contributed by atoms with van der Waals surface area (Å²) in [4.78, 5) is 0. The highest BCUT2D eigenvalue weighted by Crippen LogP contribution is 2.32. The van der Waals surface area contributed by atoms with Crippen LogP contribution in [-0.4, -0.2) is 0 Å². The van der Waals surface area contributed by atoms with Gasteiger partial charge in [0.25, 0.3) is 0 Å². The predicted octanol–water partition coefficient (Wildman–Crippen LogP) is 5.11. The first-order valence-electron chi connectivity index (χ1n) is 6.52. The third-order valence-corrected chi connectivity index (χ3v) is 3.08.